The van der Waals surface area contributed by atoms with E-state index in [1.54, 1.807) is 6.07 Å². The van der Waals surface area contributed by atoms with Crippen molar-refractivity contribution >= 4 is 38.7 Å². The molecule has 0 saturated heterocycles. The first-order valence-electron chi connectivity index (χ1n) is 10.1. The van der Waals surface area contributed by atoms with Crippen molar-refractivity contribution in [2.75, 3.05) is 0 Å². The molecule has 1 aliphatic rings. The van der Waals surface area contributed by atoms with Gasteiger partial charge in [0.25, 0.3) is 0 Å². The van der Waals surface area contributed by atoms with Crippen LogP contribution in [0.3, 0.4) is 0 Å². The monoisotopic (exact) mass is 481 g/mol. The van der Waals surface area contributed by atoms with Gasteiger partial charge in [0, 0.05) is 21.5 Å². The molecule has 0 N–H and O–H groups in total. The average Bonchev–Trinajstić information content (AvgIpc) is 3.18. The highest BCUT2D eigenvalue weighted by Crippen LogP contribution is 2.37. The van der Waals surface area contributed by atoms with E-state index in [1.807, 2.05) is 42.5 Å². The highest BCUT2D eigenvalue weighted by molar-refractivity contribution is 9.10. The standard InChI is InChI=1S/C23H20BrN3O2S/c24-17-9-6-8-16(13-17)21-25-26-23(27(21)18-10-2-1-3-11-18)30-20-14-15-7-4-5-12-19(15)29-22(20)28/h4-9,12-14,18H,1-3,10-11H2. The van der Waals surface area contributed by atoms with Gasteiger partial charge in [0.1, 0.15) is 10.5 Å². The van der Waals surface area contributed by atoms with E-state index < -0.39 is 0 Å². The van der Waals surface area contributed by atoms with Crippen LogP contribution in [-0.2, 0) is 0 Å². The Kier molecular flexibility index (Phi) is 5.48. The Balaban J connectivity index is 1.60. The summed E-state index contributed by atoms with van der Waals surface area (Å²) in [6, 6.07) is 17.9. The lowest BCUT2D eigenvalue weighted by molar-refractivity contribution is 0.339. The molecule has 1 saturated carbocycles. The minimum atomic E-state index is -0.346. The molecule has 5 nitrogen and oxygen atoms in total. The third-order valence-corrected chi connectivity index (χ3v) is 6.96. The van der Waals surface area contributed by atoms with Crippen LogP contribution < -0.4 is 5.63 Å². The number of fused-ring (bicyclic) bond motifs is 1. The third-order valence-electron chi connectivity index (χ3n) is 5.50. The Morgan fingerprint density at radius 3 is 2.67 bits per heavy atom. The molecule has 0 aliphatic heterocycles. The van der Waals surface area contributed by atoms with Crippen molar-refractivity contribution < 1.29 is 4.42 Å². The van der Waals surface area contributed by atoms with E-state index in [0.717, 1.165) is 39.2 Å². The second kappa shape index (κ2) is 8.40. The summed E-state index contributed by atoms with van der Waals surface area (Å²) in [4.78, 5) is 13.1. The Hall–Kier alpha value is -2.38. The van der Waals surface area contributed by atoms with Crippen molar-refractivity contribution in [3.63, 3.8) is 0 Å². The summed E-state index contributed by atoms with van der Waals surface area (Å²) in [5, 5.41) is 10.7. The van der Waals surface area contributed by atoms with E-state index in [0.29, 0.717) is 16.5 Å². The number of benzene rings is 2. The van der Waals surface area contributed by atoms with E-state index in [1.165, 1.54) is 31.0 Å². The maximum atomic E-state index is 12.6. The van der Waals surface area contributed by atoms with Crippen molar-refractivity contribution in [3.8, 4) is 11.4 Å². The highest BCUT2D eigenvalue weighted by atomic mass is 79.9. The second-order valence-corrected chi connectivity index (χ2v) is 9.44. The summed E-state index contributed by atoms with van der Waals surface area (Å²) in [7, 11) is 0. The molecule has 0 unspecified atom stereocenters. The van der Waals surface area contributed by atoms with E-state index in [4.69, 9.17) is 4.42 Å². The fourth-order valence-electron chi connectivity index (χ4n) is 4.05. The van der Waals surface area contributed by atoms with Crippen LogP contribution in [0.15, 0.2) is 78.3 Å². The van der Waals surface area contributed by atoms with E-state index >= 15 is 0 Å². The van der Waals surface area contributed by atoms with Crippen LogP contribution >= 0.6 is 27.7 Å². The number of nitrogens with zero attached hydrogens (tertiary/aromatic N) is 3. The Labute approximate surface area is 186 Å². The summed E-state index contributed by atoms with van der Waals surface area (Å²) in [6.45, 7) is 0. The molecule has 0 amide bonds. The second-order valence-electron chi connectivity index (χ2n) is 7.52. The molecule has 0 atom stereocenters. The van der Waals surface area contributed by atoms with E-state index in [-0.39, 0.29) is 5.63 Å². The zero-order valence-electron chi connectivity index (χ0n) is 16.3. The van der Waals surface area contributed by atoms with Gasteiger partial charge in [-0.25, -0.2) is 4.79 Å². The smallest absolute Gasteiger partial charge is 0.350 e. The van der Waals surface area contributed by atoms with Gasteiger partial charge in [0.05, 0.1) is 0 Å². The fraction of sp³-hybridized carbons (Fsp3) is 0.261. The Bertz CT molecular complexity index is 1260. The van der Waals surface area contributed by atoms with Crippen molar-refractivity contribution in [1.82, 2.24) is 14.8 Å². The molecule has 152 valence electrons. The fourth-order valence-corrected chi connectivity index (χ4v) is 5.37. The molecule has 5 rings (SSSR count). The van der Waals surface area contributed by atoms with Crippen LogP contribution in [0.5, 0.6) is 0 Å². The van der Waals surface area contributed by atoms with Crippen LogP contribution in [-0.4, -0.2) is 14.8 Å². The maximum absolute atomic E-state index is 12.6. The first-order valence-corrected chi connectivity index (χ1v) is 11.7. The summed E-state index contributed by atoms with van der Waals surface area (Å²) < 4.78 is 8.74. The predicted octanol–water partition coefficient (Wildman–Crippen LogP) is 6.47. The molecular formula is C23H20BrN3O2S. The van der Waals surface area contributed by atoms with Crippen molar-refractivity contribution in [2.45, 2.75) is 48.2 Å². The lowest BCUT2D eigenvalue weighted by Crippen LogP contribution is -2.15. The van der Waals surface area contributed by atoms with E-state index in [2.05, 4.69) is 36.8 Å². The first-order chi connectivity index (χ1) is 14.7. The number of halogens is 1. The Morgan fingerprint density at radius 1 is 1.00 bits per heavy atom. The number of aromatic nitrogens is 3. The molecule has 2 aromatic carbocycles. The maximum Gasteiger partial charge on any atom is 0.350 e. The molecule has 7 heteroatoms. The zero-order chi connectivity index (χ0) is 20.5. The molecule has 30 heavy (non-hydrogen) atoms. The average molecular weight is 482 g/mol. The van der Waals surface area contributed by atoms with Crippen LogP contribution in [0.1, 0.15) is 38.1 Å². The van der Waals surface area contributed by atoms with Gasteiger partial charge in [-0.2, -0.15) is 0 Å². The van der Waals surface area contributed by atoms with Gasteiger partial charge in [-0.15, -0.1) is 10.2 Å². The summed E-state index contributed by atoms with van der Waals surface area (Å²) >= 11 is 4.90. The molecule has 2 heterocycles. The van der Waals surface area contributed by atoms with Gasteiger partial charge >= 0.3 is 5.63 Å². The van der Waals surface area contributed by atoms with Gasteiger partial charge < -0.3 is 4.42 Å². The molecule has 4 aromatic rings. The normalized spacial score (nSPS) is 15.0. The molecular weight excluding hydrogens is 462 g/mol. The highest BCUT2D eigenvalue weighted by Gasteiger charge is 2.25. The van der Waals surface area contributed by atoms with Crippen molar-refractivity contribution in [3.05, 3.63) is 69.5 Å². The number of hydrogen-bond donors (Lipinski definition) is 0. The summed E-state index contributed by atoms with van der Waals surface area (Å²) in [6.07, 6.45) is 5.85. The quantitative estimate of drug-likeness (QED) is 0.312. The topological polar surface area (TPSA) is 60.9 Å². The molecule has 0 bridgehead atoms. The molecule has 1 aliphatic carbocycles. The molecule has 0 spiro atoms. The number of rotatable bonds is 4. The number of hydrogen-bond acceptors (Lipinski definition) is 5. The van der Waals surface area contributed by atoms with Crippen LogP contribution in [0, 0.1) is 0 Å². The Morgan fingerprint density at radius 2 is 1.83 bits per heavy atom. The van der Waals surface area contributed by atoms with Crippen LogP contribution in [0.25, 0.3) is 22.4 Å². The lowest BCUT2D eigenvalue weighted by atomic mass is 9.95. The zero-order valence-corrected chi connectivity index (χ0v) is 18.7. The lowest BCUT2D eigenvalue weighted by Gasteiger charge is -2.25. The predicted molar refractivity (Wildman–Crippen MR) is 122 cm³/mol. The van der Waals surface area contributed by atoms with Crippen molar-refractivity contribution in [1.29, 1.82) is 0 Å². The SMILES string of the molecule is O=c1oc2ccccc2cc1Sc1nnc(-c2cccc(Br)c2)n1C1CCCCC1. The van der Waals surface area contributed by atoms with E-state index in [9.17, 15) is 4.79 Å². The number of para-hydroxylation sites is 1. The van der Waals surface area contributed by atoms with Crippen LogP contribution in [0.2, 0.25) is 0 Å². The molecule has 2 aromatic heterocycles. The summed E-state index contributed by atoms with van der Waals surface area (Å²) in [5.41, 5.74) is 1.26. The molecule has 0 radical (unpaired) electrons. The van der Waals surface area contributed by atoms with Crippen molar-refractivity contribution in [2.24, 2.45) is 0 Å². The van der Waals surface area contributed by atoms with Gasteiger partial charge in [0.15, 0.2) is 11.0 Å². The minimum absolute atomic E-state index is 0.331. The summed E-state index contributed by atoms with van der Waals surface area (Å²) in [5.74, 6) is 0.843. The van der Waals surface area contributed by atoms with Gasteiger partial charge in [-0.05, 0) is 48.9 Å². The van der Waals surface area contributed by atoms with Gasteiger partial charge in [-0.3, -0.25) is 4.57 Å². The first kappa shape index (κ1) is 19.6. The largest absolute Gasteiger partial charge is 0.422 e. The minimum Gasteiger partial charge on any atom is -0.422 e. The van der Waals surface area contributed by atoms with Gasteiger partial charge in [-0.1, -0.05) is 65.5 Å². The van der Waals surface area contributed by atoms with Gasteiger partial charge in [0.2, 0.25) is 0 Å². The van der Waals surface area contributed by atoms with Crippen LogP contribution in [0.4, 0.5) is 0 Å². The molecule has 1 fully saturated rings. The third kappa shape index (κ3) is 3.84.